The topological polar surface area (TPSA) is 60.9 Å². The molecule has 1 fully saturated rings. The van der Waals surface area contributed by atoms with Crippen molar-refractivity contribution in [1.29, 1.82) is 0 Å². The fraction of sp³-hybridized carbons (Fsp3) is 0.533. The number of pyridine rings is 1. The molecule has 3 rings (SSSR count). The van der Waals surface area contributed by atoms with E-state index in [2.05, 4.69) is 21.4 Å². The summed E-state index contributed by atoms with van der Waals surface area (Å²) < 4.78 is 0. The predicted octanol–water partition coefficient (Wildman–Crippen LogP) is 2.35. The van der Waals surface area contributed by atoms with E-state index in [1.54, 1.807) is 6.20 Å². The maximum Gasteiger partial charge on any atom is 0.137 e. The second-order valence-corrected chi connectivity index (χ2v) is 5.57. The lowest BCUT2D eigenvalue weighted by Gasteiger charge is -2.36. The van der Waals surface area contributed by atoms with E-state index >= 15 is 0 Å². The molecular formula is C15H21N3O. The number of hydrogen-bond acceptors (Lipinski definition) is 3. The van der Waals surface area contributed by atoms with Gasteiger partial charge in [-0.25, -0.2) is 4.98 Å². The van der Waals surface area contributed by atoms with Crippen LogP contribution in [0.15, 0.2) is 24.5 Å². The zero-order valence-electron chi connectivity index (χ0n) is 11.2. The van der Waals surface area contributed by atoms with Gasteiger partial charge in [-0.2, -0.15) is 0 Å². The third-order valence-electron chi connectivity index (χ3n) is 4.30. The molecule has 0 saturated heterocycles. The molecule has 0 aliphatic heterocycles. The highest BCUT2D eigenvalue weighted by Crippen LogP contribution is 2.28. The van der Waals surface area contributed by atoms with Crippen molar-refractivity contribution >= 4 is 11.0 Å². The van der Waals surface area contributed by atoms with Crippen molar-refractivity contribution in [2.45, 2.75) is 44.2 Å². The van der Waals surface area contributed by atoms with Crippen LogP contribution in [0.3, 0.4) is 0 Å². The van der Waals surface area contributed by atoms with Crippen LogP contribution in [-0.4, -0.2) is 27.2 Å². The van der Waals surface area contributed by atoms with E-state index < -0.39 is 0 Å². The van der Waals surface area contributed by atoms with E-state index in [1.807, 2.05) is 12.3 Å². The molecule has 4 nitrogen and oxygen atoms in total. The number of nitrogens with zero attached hydrogens (tertiary/aromatic N) is 1. The van der Waals surface area contributed by atoms with Crippen molar-refractivity contribution < 1.29 is 5.11 Å². The maximum atomic E-state index is 9.70. The summed E-state index contributed by atoms with van der Waals surface area (Å²) >= 11 is 0. The van der Waals surface area contributed by atoms with Gasteiger partial charge in [0.05, 0.1) is 6.61 Å². The normalized spacial score (nSPS) is 18.8. The van der Waals surface area contributed by atoms with Crippen LogP contribution in [0, 0.1) is 0 Å². The Kier molecular flexibility index (Phi) is 3.53. The standard InChI is InChI=1S/C15H21N3O/c19-11-15(6-2-1-3-7-15)18-10-12-9-17-14-13(12)5-4-8-16-14/h4-5,8-9,18-19H,1-3,6-7,10-11H2,(H,16,17). The molecule has 0 bridgehead atoms. The molecule has 1 saturated carbocycles. The van der Waals surface area contributed by atoms with Gasteiger partial charge in [0, 0.05) is 29.9 Å². The summed E-state index contributed by atoms with van der Waals surface area (Å²) in [5, 5.41) is 14.4. The van der Waals surface area contributed by atoms with Crippen LogP contribution in [0.2, 0.25) is 0 Å². The highest BCUT2D eigenvalue weighted by molar-refractivity contribution is 5.79. The highest BCUT2D eigenvalue weighted by atomic mass is 16.3. The molecule has 1 aliphatic rings. The summed E-state index contributed by atoms with van der Waals surface area (Å²) in [6, 6.07) is 4.05. The average molecular weight is 259 g/mol. The van der Waals surface area contributed by atoms with Crippen LogP contribution in [-0.2, 0) is 6.54 Å². The lowest BCUT2D eigenvalue weighted by molar-refractivity contribution is 0.119. The molecule has 3 N–H and O–H groups in total. The third kappa shape index (κ3) is 2.51. The van der Waals surface area contributed by atoms with Gasteiger partial charge >= 0.3 is 0 Å². The summed E-state index contributed by atoms with van der Waals surface area (Å²) in [4.78, 5) is 7.49. The minimum atomic E-state index is -0.0793. The van der Waals surface area contributed by atoms with E-state index in [4.69, 9.17) is 0 Å². The molecule has 0 radical (unpaired) electrons. The van der Waals surface area contributed by atoms with Gasteiger partial charge in [-0.05, 0) is 30.5 Å². The molecule has 0 unspecified atom stereocenters. The van der Waals surface area contributed by atoms with Gasteiger partial charge in [0.1, 0.15) is 5.65 Å². The SMILES string of the molecule is OCC1(NCc2c[nH]c3ncccc23)CCCCC1. The fourth-order valence-electron chi connectivity index (χ4n) is 3.06. The first-order chi connectivity index (χ1) is 9.33. The van der Waals surface area contributed by atoms with E-state index in [0.717, 1.165) is 25.0 Å². The Hall–Kier alpha value is -1.39. The number of rotatable bonds is 4. The Morgan fingerprint density at radius 3 is 2.95 bits per heavy atom. The number of aromatic nitrogens is 2. The second kappa shape index (κ2) is 5.31. The van der Waals surface area contributed by atoms with Gasteiger partial charge in [0.15, 0.2) is 0 Å². The minimum absolute atomic E-state index is 0.0793. The van der Waals surface area contributed by atoms with E-state index in [0.29, 0.717) is 0 Å². The molecule has 102 valence electrons. The van der Waals surface area contributed by atoms with Crippen molar-refractivity contribution in [3.63, 3.8) is 0 Å². The van der Waals surface area contributed by atoms with Crippen molar-refractivity contribution in [3.8, 4) is 0 Å². The quantitative estimate of drug-likeness (QED) is 0.790. The molecule has 0 spiro atoms. The summed E-state index contributed by atoms with van der Waals surface area (Å²) in [5.74, 6) is 0. The second-order valence-electron chi connectivity index (χ2n) is 5.57. The highest BCUT2D eigenvalue weighted by Gasteiger charge is 2.30. The summed E-state index contributed by atoms with van der Waals surface area (Å²) in [6.07, 6.45) is 9.67. The first kappa shape index (κ1) is 12.6. The summed E-state index contributed by atoms with van der Waals surface area (Å²) in [5.41, 5.74) is 2.08. The third-order valence-corrected chi connectivity index (χ3v) is 4.30. The zero-order valence-corrected chi connectivity index (χ0v) is 11.2. The first-order valence-electron chi connectivity index (χ1n) is 7.10. The number of aromatic amines is 1. The van der Waals surface area contributed by atoms with Gasteiger partial charge < -0.3 is 15.4 Å². The average Bonchev–Trinajstić information content (AvgIpc) is 2.89. The van der Waals surface area contributed by atoms with Crippen LogP contribution in [0.4, 0.5) is 0 Å². The summed E-state index contributed by atoms with van der Waals surface area (Å²) in [6.45, 7) is 1.01. The van der Waals surface area contributed by atoms with Gasteiger partial charge in [-0.1, -0.05) is 19.3 Å². The van der Waals surface area contributed by atoms with Gasteiger partial charge in [0.2, 0.25) is 0 Å². The number of aliphatic hydroxyl groups excluding tert-OH is 1. The molecule has 0 atom stereocenters. The van der Waals surface area contributed by atoms with E-state index in [-0.39, 0.29) is 12.1 Å². The van der Waals surface area contributed by atoms with Crippen molar-refractivity contribution in [2.75, 3.05) is 6.61 Å². The minimum Gasteiger partial charge on any atom is -0.394 e. The Morgan fingerprint density at radius 1 is 1.32 bits per heavy atom. The van der Waals surface area contributed by atoms with Crippen molar-refractivity contribution in [2.24, 2.45) is 0 Å². The van der Waals surface area contributed by atoms with Gasteiger partial charge in [-0.3, -0.25) is 0 Å². The lowest BCUT2D eigenvalue weighted by atomic mass is 9.82. The molecule has 2 aromatic heterocycles. The van der Waals surface area contributed by atoms with Crippen molar-refractivity contribution in [1.82, 2.24) is 15.3 Å². The molecule has 19 heavy (non-hydrogen) atoms. The first-order valence-corrected chi connectivity index (χ1v) is 7.10. The van der Waals surface area contributed by atoms with Crippen LogP contribution in [0.25, 0.3) is 11.0 Å². The van der Waals surface area contributed by atoms with Crippen LogP contribution >= 0.6 is 0 Å². The Bertz CT molecular complexity index is 543. The summed E-state index contributed by atoms with van der Waals surface area (Å²) in [7, 11) is 0. The number of fused-ring (bicyclic) bond motifs is 1. The molecule has 2 heterocycles. The van der Waals surface area contributed by atoms with Gasteiger partial charge in [0.25, 0.3) is 0 Å². The smallest absolute Gasteiger partial charge is 0.137 e. The maximum absolute atomic E-state index is 9.70. The Morgan fingerprint density at radius 2 is 2.16 bits per heavy atom. The molecular weight excluding hydrogens is 238 g/mol. The van der Waals surface area contributed by atoms with E-state index in [1.165, 1.54) is 30.2 Å². The monoisotopic (exact) mass is 259 g/mol. The van der Waals surface area contributed by atoms with Crippen molar-refractivity contribution in [3.05, 3.63) is 30.1 Å². The molecule has 1 aliphatic carbocycles. The number of aliphatic hydroxyl groups is 1. The Balaban J connectivity index is 1.74. The number of H-pyrrole nitrogens is 1. The zero-order chi connectivity index (χ0) is 13.1. The molecule has 0 aromatic carbocycles. The van der Waals surface area contributed by atoms with Gasteiger partial charge in [-0.15, -0.1) is 0 Å². The van der Waals surface area contributed by atoms with E-state index in [9.17, 15) is 5.11 Å². The molecule has 0 amide bonds. The predicted molar refractivity (Wildman–Crippen MR) is 75.8 cm³/mol. The fourth-order valence-corrected chi connectivity index (χ4v) is 3.06. The Labute approximate surface area is 113 Å². The molecule has 4 heteroatoms. The van der Waals surface area contributed by atoms with Crippen LogP contribution in [0.5, 0.6) is 0 Å². The number of nitrogens with one attached hydrogen (secondary N) is 2. The lowest BCUT2D eigenvalue weighted by Crippen LogP contribution is -2.49. The molecule has 2 aromatic rings. The van der Waals surface area contributed by atoms with Crippen LogP contribution in [0.1, 0.15) is 37.7 Å². The van der Waals surface area contributed by atoms with Crippen LogP contribution < -0.4 is 5.32 Å². The largest absolute Gasteiger partial charge is 0.394 e. The number of hydrogen-bond donors (Lipinski definition) is 3.